The van der Waals surface area contributed by atoms with Gasteiger partial charge in [-0.25, -0.2) is 0 Å². The van der Waals surface area contributed by atoms with Crippen LogP contribution in [0.5, 0.6) is 0 Å². The molecule has 1 nitrogen and oxygen atoms in total. The predicted molar refractivity (Wildman–Crippen MR) is 81.4 cm³/mol. The van der Waals surface area contributed by atoms with E-state index in [1.165, 1.54) is 51.4 Å². The molecule has 0 aromatic heterocycles. The number of Topliss-reactive ketones (excluding diaryl/α,β-unsaturated/α-hetero) is 1. The van der Waals surface area contributed by atoms with E-state index in [2.05, 4.69) is 13.8 Å². The molecule has 6 atom stereocenters. The van der Waals surface area contributed by atoms with E-state index in [-0.39, 0.29) is 0 Å². The van der Waals surface area contributed by atoms with E-state index in [0.717, 1.165) is 36.5 Å². The van der Waals surface area contributed by atoms with Gasteiger partial charge in [0.15, 0.2) is 0 Å². The third kappa shape index (κ3) is 1.70. The summed E-state index contributed by atoms with van der Waals surface area (Å²) in [4.78, 5) is 12.1. The quantitative estimate of drug-likeness (QED) is 0.608. The number of hydrogen-bond acceptors (Lipinski definition) is 1. The molecule has 4 fully saturated rings. The van der Waals surface area contributed by atoms with Gasteiger partial charge in [-0.2, -0.15) is 0 Å². The van der Waals surface area contributed by atoms with E-state index in [4.69, 9.17) is 0 Å². The van der Waals surface area contributed by atoms with Crippen LogP contribution in [0.25, 0.3) is 0 Å². The monoisotopic (exact) mass is 274 g/mol. The van der Waals surface area contributed by atoms with E-state index in [9.17, 15) is 4.79 Å². The van der Waals surface area contributed by atoms with Crippen molar-refractivity contribution in [2.24, 2.45) is 34.5 Å². The average Bonchev–Trinajstić information content (AvgIpc) is 2.72. The molecule has 1 heteroatoms. The molecule has 0 heterocycles. The van der Waals surface area contributed by atoms with Crippen LogP contribution in [0, 0.1) is 34.5 Å². The maximum absolute atomic E-state index is 12.1. The number of fused-ring (bicyclic) bond motifs is 5. The first kappa shape index (κ1) is 13.3. The molecule has 4 aliphatic carbocycles. The zero-order valence-corrected chi connectivity index (χ0v) is 13.3. The highest BCUT2D eigenvalue weighted by atomic mass is 16.1. The number of hydrogen-bond donors (Lipinski definition) is 0. The van der Waals surface area contributed by atoms with Gasteiger partial charge in [0.1, 0.15) is 5.78 Å². The Labute approximate surface area is 123 Å². The zero-order valence-electron chi connectivity index (χ0n) is 13.3. The first-order chi connectivity index (χ1) is 9.53. The van der Waals surface area contributed by atoms with Gasteiger partial charge in [0.2, 0.25) is 0 Å². The standard InChI is InChI=1S/C19H30O/c1-18-10-8-16-15(17(18)11-14(20)12-18)7-6-13-5-3-4-9-19(13,16)2/h13,15-17H,3-12H2,1-2H3/t13-,15+,16-,17-,18+,19+/m1/s1. The summed E-state index contributed by atoms with van der Waals surface area (Å²) < 4.78 is 0. The minimum Gasteiger partial charge on any atom is -0.300 e. The average molecular weight is 274 g/mol. The summed E-state index contributed by atoms with van der Waals surface area (Å²) in [6.45, 7) is 5.04. The molecule has 0 aromatic rings. The maximum Gasteiger partial charge on any atom is 0.133 e. The lowest BCUT2D eigenvalue weighted by atomic mass is 9.45. The summed E-state index contributed by atoms with van der Waals surface area (Å²) >= 11 is 0. The maximum atomic E-state index is 12.1. The molecule has 4 aliphatic rings. The van der Waals surface area contributed by atoms with Gasteiger partial charge >= 0.3 is 0 Å². The van der Waals surface area contributed by atoms with Crippen molar-refractivity contribution >= 4 is 5.78 Å². The molecular weight excluding hydrogens is 244 g/mol. The van der Waals surface area contributed by atoms with Crippen LogP contribution in [0.2, 0.25) is 0 Å². The van der Waals surface area contributed by atoms with E-state index in [0.29, 0.717) is 16.6 Å². The summed E-state index contributed by atoms with van der Waals surface area (Å²) in [6.07, 6.45) is 13.3. The number of ketones is 1. The fourth-order valence-electron chi connectivity index (χ4n) is 7.07. The molecule has 4 rings (SSSR count). The van der Waals surface area contributed by atoms with Crippen molar-refractivity contribution in [2.45, 2.75) is 78.1 Å². The Morgan fingerprint density at radius 3 is 2.65 bits per heavy atom. The second-order valence-electron chi connectivity index (χ2n) is 9.01. The van der Waals surface area contributed by atoms with Gasteiger partial charge in [-0.05, 0) is 73.0 Å². The third-order valence-electron chi connectivity index (χ3n) is 8.15. The fourth-order valence-corrected chi connectivity index (χ4v) is 7.07. The van der Waals surface area contributed by atoms with Gasteiger partial charge in [0.25, 0.3) is 0 Å². The minimum atomic E-state index is 0.371. The van der Waals surface area contributed by atoms with Gasteiger partial charge in [-0.1, -0.05) is 26.7 Å². The highest BCUT2D eigenvalue weighted by Gasteiger charge is 2.58. The molecule has 0 amide bonds. The van der Waals surface area contributed by atoms with Crippen LogP contribution in [0.4, 0.5) is 0 Å². The first-order valence-electron chi connectivity index (χ1n) is 9.05. The molecule has 0 aliphatic heterocycles. The highest BCUT2D eigenvalue weighted by Crippen LogP contribution is 2.65. The summed E-state index contributed by atoms with van der Waals surface area (Å²) in [7, 11) is 0. The normalized spacial score (nSPS) is 55.0. The topological polar surface area (TPSA) is 17.1 Å². The van der Waals surface area contributed by atoms with Crippen molar-refractivity contribution < 1.29 is 4.79 Å². The second-order valence-corrected chi connectivity index (χ2v) is 9.01. The van der Waals surface area contributed by atoms with Crippen molar-refractivity contribution in [3.63, 3.8) is 0 Å². The van der Waals surface area contributed by atoms with Gasteiger partial charge < -0.3 is 0 Å². The van der Waals surface area contributed by atoms with Gasteiger partial charge in [0, 0.05) is 12.8 Å². The molecule has 0 spiro atoms. The van der Waals surface area contributed by atoms with Crippen LogP contribution in [0.3, 0.4) is 0 Å². The molecular formula is C19H30O. The van der Waals surface area contributed by atoms with Crippen LogP contribution >= 0.6 is 0 Å². The zero-order chi connectivity index (χ0) is 14.0. The van der Waals surface area contributed by atoms with Gasteiger partial charge in [0.05, 0.1) is 0 Å². The molecule has 0 N–H and O–H groups in total. The molecule has 0 saturated heterocycles. The van der Waals surface area contributed by atoms with Gasteiger partial charge in [-0.15, -0.1) is 0 Å². The van der Waals surface area contributed by atoms with Crippen molar-refractivity contribution in [3.05, 3.63) is 0 Å². The van der Waals surface area contributed by atoms with Crippen molar-refractivity contribution in [1.29, 1.82) is 0 Å². The number of rotatable bonds is 0. The molecule has 0 aromatic carbocycles. The molecule has 0 bridgehead atoms. The summed E-state index contributed by atoms with van der Waals surface area (Å²) in [5.74, 6) is 4.10. The molecule has 0 unspecified atom stereocenters. The van der Waals surface area contributed by atoms with Crippen LogP contribution in [-0.4, -0.2) is 5.78 Å². The Balaban J connectivity index is 1.65. The van der Waals surface area contributed by atoms with E-state index < -0.39 is 0 Å². The first-order valence-corrected chi connectivity index (χ1v) is 9.05. The van der Waals surface area contributed by atoms with Crippen molar-refractivity contribution in [1.82, 2.24) is 0 Å². The molecule has 20 heavy (non-hydrogen) atoms. The predicted octanol–water partition coefficient (Wildman–Crippen LogP) is 4.99. The summed E-state index contributed by atoms with van der Waals surface area (Å²) in [6, 6.07) is 0. The highest BCUT2D eigenvalue weighted by molar-refractivity contribution is 5.82. The van der Waals surface area contributed by atoms with Crippen LogP contribution in [0.1, 0.15) is 78.1 Å². The summed E-state index contributed by atoms with van der Waals surface area (Å²) in [5, 5.41) is 0. The Morgan fingerprint density at radius 1 is 0.950 bits per heavy atom. The van der Waals surface area contributed by atoms with Crippen LogP contribution in [0.15, 0.2) is 0 Å². The van der Waals surface area contributed by atoms with E-state index in [1.807, 2.05) is 0 Å². The SMILES string of the molecule is C[C@@]12CC[C@@H]3[C@H](CC[C@H]4CCCC[C@@]43C)[C@H]1CC(=O)C2. The summed E-state index contributed by atoms with van der Waals surface area (Å²) in [5.41, 5.74) is 0.990. The van der Waals surface area contributed by atoms with E-state index >= 15 is 0 Å². The Kier molecular flexibility index (Phi) is 2.89. The van der Waals surface area contributed by atoms with Crippen LogP contribution < -0.4 is 0 Å². The van der Waals surface area contributed by atoms with Crippen molar-refractivity contribution in [2.75, 3.05) is 0 Å². The molecule has 4 saturated carbocycles. The molecule has 112 valence electrons. The van der Waals surface area contributed by atoms with E-state index in [1.54, 1.807) is 0 Å². The smallest absolute Gasteiger partial charge is 0.133 e. The minimum absolute atomic E-state index is 0.371. The Hall–Kier alpha value is -0.330. The fraction of sp³-hybridized carbons (Fsp3) is 0.947. The number of carbonyl (C=O) groups is 1. The Bertz CT molecular complexity index is 427. The lowest BCUT2D eigenvalue weighted by Gasteiger charge is -2.59. The lowest BCUT2D eigenvalue weighted by molar-refractivity contribution is -0.118. The number of carbonyl (C=O) groups excluding carboxylic acids is 1. The van der Waals surface area contributed by atoms with Crippen molar-refractivity contribution in [3.8, 4) is 0 Å². The largest absolute Gasteiger partial charge is 0.300 e. The lowest BCUT2D eigenvalue weighted by Crippen LogP contribution is -2.51. The van der Waals surface area contributed by atoms with Crippen LogP contribution in [-0.2, 0) is 4.79 Å². The Morgan fingerprint density at radius 2 is 1.80 bits per heavy atom. The molecule has 0 radical (unpaired) electrons. The second kappa shape index (κ2) is 4.34. The third-order valence-corrected chi connectivity index (χ3v) is 8.15. The van der Waals surface area contributed by atoms with Gasteiger partial charge in [-0.3, -0.25) is 4.79 Å².